The van der Waals surface area contributed by atoms with Crippen molar-refractivity contribution in [1.82, 2.24) is 5.32 Å². The fourth-order valence-electron chi connectivity index (χ4n) is 1.21. The van der Waals surface area contributed by atoms with E-state index >= 15 is 0 Å². The van der Waals surface area contributed by atoms with E-state index in [0.29, 0.717) is 5.54 Å². The quantitative estimate of drug-likeness (QED) is 0.577. The van der Waals surface area contributed by atoms with Crippen LogP contribution in [0.5, 0.6) is 0 Å². The molecule has 0 aromatic heterocycles. The molecular formula is C9H17N. The molecule has 0 aromatic rings. The summed E-state index contributed by atoms with van der Waals surface area (Å²) < 4.78 is 0. The molecule has 0 aromatic carbocycles. The molecule has 1 fully saturated rings. The third-order valence-corrected chi connectivity index (χ3v) is 2.51. The number of allylic oxidation sites excluding steroid dienone is 1. The summed E-state index contributed by atoms with van der Waals surface area (Å²) in [5.41, 5.74) is 0.302. The molecule has 2 atom stereocenters. The van der Waals surface area contributed by atoms with Gasteiger partial charge in [0.25, 0.3) is 0 Å². The second kappa shape index (κ2) is 2.75. The monoisotopic (exact) mass is 139 g/mol. The molecular weight excluding hydrogens is 122 g/mol. The van der Waals surface area contributed by atoms with Gasteiger partial charge in [0.15, 0.2) is 0 Å². The number of nitrogens with one attached hydrogen (secondary N) is 1. The predicted molar refractivity (Wildman–Crippen MR) is 45.0 cm³/mol. The lowest BCUT2D eigenvalue weighted by atomic mass is 9.79. The minimum atomic E-state index is 0.302. The van der Waals surface area contributed by atoms with E-state index in [0.717, 1.165) is 12.3 Å². The summed E-state index contributed by atoms with van der Waals surface area (Å²) in [6, 6.07) is 0. The van der Waals surface area contributed by atoms with Crippen molar-refractivity contribution in [2.75, 3.05) is 6.54 Å². The molecule has 1 nitrogen and oxygen atoms in total. The van der Waals surface area contributed by atoms with Crippen molar-refractivity contribution >= 4 is 0 Å². The Morgan fingerprint density at radius 3 is 2.70 bits per heavy atom. The van der Waals surface area contributed by atoms with Crippen LogP contribution in [0.2, 0.25) is 0 Å². The van der Waals surface area contributed by atoms with E-state index in [4.69, 9.17) is 0 Å². The summed E-state index contributed by atoms with van der Waals surface area (Å²) in [6.45, 7) is 7.89. The molecule has 1 saturated heterocycles. The van der Waals surface area contributed by atoms with Crippen LogP contribution in [0.15, 0.2) is 12.2 Å². The molecule has 0 spiro atoms. The zero-order valence-electron chi connectivity index (χ0n) is 7.15. The maximum absolute atomic E-state index is 3.42. The lowest BCUT2D eigenvalue weighted by Gasteiger charge is -2.44. The highest BCUT2D eigenvalue weighted by atomic mass is 15.1. The van der Waals surface area contributed by atoms with E-state index in [-0.39, 0.29) is 0 Å². The second-order valence-corrected chi connectivity index (χ2v) is 3.38. The van der Waals surface area contributed by atoms with Crippen LogP contribution in [0.4, 0.5) is 0 Å². The van der Waals surface area contributed by atoms with Gasteiger partial charge < -0.3 is 5.32 Å². The number of hydrogen-bond acceptors (Lipinski definition) is 1. The minimum absolute atomic E-state index is 0.302. The van der Waals surface area contributed by atoms with Gasteiger partial charge in [0.1, 0.15) is 0 Å². The Hall–Kier alpha value is -0.300. The summed E-state index contributed by atoms with van der Waals surface area (Å²) in [5.74, 6) is 0.801. The molecule has 1 N–H and O–H groups in total. The van der Waals surface area contributed by atoms with E-state index in [1.165, 1.54) is 6.54 Å². The Morgan fingerprint density at radius 2 is 2.40 bits per heavy atom. The van der Waals surface area contributed by atoms with Crippen molar-refractivity contribution in [3.05, 3.63) is 12.2 Å². The van der Waals surface area contributed by atoms with Gasteiger partial charge in [0.2, 0.25) is 0 Å². The van der Waals surface area contributed by atoms with Gasteiger partial charge in [0.05, 0.1) is 0 Å². The maximum atomic E-state index is 3.42. The van der Waals surface area contributed by atoms with Crippen molar-refractivity contribution in [3.63, 3.8) is 0 Å². The Morgan fingerprint density at radius 1 is 1.70 bits per heavy atom. The summed E-state index contributed by atoms with van der Waals surface area (Å²) in [6.07, 6.45) is 5.67. The van der Waals surface area contributed by atoms with Gasteiger partial charge in [-0.05, 0) is 19.3 Å². The van der Waals surface area contributed by atoms with Crippen LogP contribution in [0, 0.1) is 5.92 Å². The minimum Gasteiger partial charge on any atom is -0.307 e. The first-order chi connectivity index (χ1) is 4.69. The van der Waals surface area contributed by atoms with E-state index in [1.54, 1.807) is 0 Å². The van der Waals surface area contributed by atoms with Crippen molar-refractivity contribution < 1.29 is 0 Å². The number of rotatable bonds is 2. The predicted octanol–water partition coefficient (Wildman–Crippen LogP) is 1.95. The smallest absolute Gasteiger partial charge is 0.0373 e. The van der Waals surface area contributed by atoms with Crippen LogP contribution < -0.4 is 5.32 Å². The molecule has 0 bridgehead atoms. The van der Waals surface area contributed by atoms with Gasteiger partial charge in [0, 0.05) is 12.1 Å². The highest BCUT2D eigenvalue weighted by Crippen LogP contribution is 2.26. The van der Waals surface area contributed by atoms with Gasteiger partial charge in [-0.1, -0.05) is 26.0 Å². The summed E-state index contributed by atoms with van der Waals surface area (Å²) in [5, 5.41) is 3.42. The van der Waals surface area contributed by atoms with Crippen LogP contribution in [0.3, 0.4) is 0 Å². The standard InChI is InChI=1S/C9H17N/c1-4-5-6-9(3)8(2)7-10-9/h5-6,8,10H,4,7H2,1-3H3/b6-5-/t8?,9-/m1/s1. The average Bonchev–Trinajstić information content (AvgIpc) is 1.97. The van der Waals surface area contributed by atoms with Crippen LogP contribution in [-0.4, -0.2) is 12.1 Å². The van der Waals surface area contributed by atoms with E-state index < -0.39 is 0 Å². The molecule has 1 unspecified atom stereocenters. The van der Waals surface area contributed by atoms with Crippen LogP contribution in [0.25, 0.3) is 0 Å². The zero-order valence-corrected chi connectivity index (χ0v) is 7.15. The molecule has 0 amide bonds. The van der Waals surface area contributed by atoms with Gasteiger partial charge in [-0.3, -0.25) is 0 Å². The molecule has 10 heavy (non-hydrogen) atoms. The number of hydrogen-bond donors (Lipinski definition) is 1. The molecule has 1 heteroatoms. The fraction of sp³-hybridized carbons (Fsp3) is 0.778. The van der Waals surface area contributed by atoms with Gasteiger partial charge in [-0.25, -0.2) is 0 Å². The summed E-state index contributed by atoms with van der Waals surface area (Å²) >= 11 is 0. The average molecular weight is 139 g/mol. The van der Waals surface area contributed by atoms with Crippen LogP contribution in [0.1, 0.15) is 27.2 Å². The summed E-state index contributed by atoms with van der Waals surface area (Å²) in [4.78, 5) is 0. The van der Waals surface area contributed by atoms with Gasteiger partial charge in [-0.2, -0.15) is 0 Å². The van der Waals surface area contributed by atoms with Crippen molar-refractivity contribution in [2.45, 2.75) is 32.7 Å². The Labute approximate surface area is 63.5 Å². The molecule has 1 heterocycles. The highest BCUT2D eigenvalue weighted by Gasteiger charge is 2.35. The van der Waals surface area contributed by atoms with E-state index in [2.05, 4.69) is 38.2 Å². The van der Waals surface area contributed by atoms with Gasteiger partial charge in [-0.15, -0.1) is 0 Å². The maximum Gasteiger partial charge on any atom is 0.0373 e. The lowest BCUT2D eigenvalue weighted by Crippen LogP contribution is -2.60. The van der Waals surface area contributed by atoms with Crippen molar-refractivity contribution in [1.29, 1.82) is 0 Å². The lowest BCUT2D eigenvalue weighted by molar-refractivity contribution is 0.189. The first kappa shape index (κ1) is 7.80. The van der Waals surface area contributed by atoms with Gasteiger partial charge >= 0.3 is 0 Å². The van der Waals surface area contributed by atoms with E-state index in [9.17, 15) is 0 Å². The first-order valence-electron chi connectivity index (χ1n) is 4.12. The molecule has 0 saturated carbocycles. The molecule has 58 valence electrons. The normalized spacial score (nSPS) is 40.1. The second-order valence-electron chi connectivity index (χ2n) is 3.38. The Kier molecular flexibility index (Phi) is 2.14. The van der Waals surface area contributed by atoms with Crippen LogP contribution in [-0.2, 0) is 0 Å². The molecule has 0 radical (unpaired) electrons. The fourth-order valence-corrected chi connectivity index (χ4v) is 1.21. The molecule has 1 aliphatic rings. The Bertz CT molecular complexity index is 140. The summed E-state index contributed by atoms with van der Waals surface area (Å²) in [7, 11) is 0. The molecule has 1 rings (SSSR count). The zero-order chi connectivity index (χ0) is 7.61. The molecule has 0 aliphatic carbocycles. The third-order valence-electron chi connectivity index (χ3n) is 2.51. The van der Waals surface area contributed by atoms with Crippen molar-refractivity contribution in [3.8, 4) is 0 Å². The Balaban J connectivity index is 2.45. The third kappa shape index (κ3) is 1.24. The topological polar surface area (TPSA) is 12.0 Å². The van der Waals surface area contributed by atoms with E-state index in [1.807, 2.05) is 0 Å². The van der Waals surface area contributed by atoms with Crippen molar-refractivity contribution in [2.24, 2.45) is 5.92 Å². The highest BCUT2D eigenvalue weighted by molar-refractivity contribution is 5.12. The SMILES string of the molecule is CC/C=C\[C@@]1(C)NCC1C. The van der Waals surface area contributed by atoms with Crippen LogP contribution >= 0.6 is 0 Å². The first-order valence-corrected chi connectivity index (χ1v) is 4.12. The largest absolute Gasteiger partial charge is 0.307 e. The molecule has 1 aliphatic heterocycles.